The van der Waals surface area contributed by atoms with Crippen LogP contribution in [-0.2, 0) is 6.54 Å². The summed E-state index contributed by atoms with van der Waals surface area (Å²) in [5, 5.41) is 6.68. The smallest absolute Gasteiger partial charge is 0.255 e. The molecule has 0 atom stereocenters. The molecule has 0 aliphatic rings. The van der Waals surface area contributed by atoms with Gasteiger partial charge in [-0.25, -0.2) is 0 Å². The van der Waals surface area contributed by atoms with Crippen LogP contribution in [0.5, 0.6) is 23.0 Å². The Labute approximate surface area is 167 Å². The molecule has 1 aromatic heterocycles. The van der Waals surface area contributed by atoms with Gasteiger partial charge in [0.1, 0.15) is 11.5 Å². The minimum atomic E-state index is -0.338. The van der Waals surface area contributed by atoms with E-state index in [9.17, 15) is 4.79 Å². The standard InChI is InChI=1S/C20H21N3O6/c1-25-13-6-7-14(16(10-13)27-3)20(24)21-11-18-22-19(23-29-18)12-5-8-15(26-2)17(9-12)28-4/h5-10H,11H2,1-4H3,(H,21,24). The fraction of sp³-hybridized carbons (Fsp3) is 0.250. The Bertz CT molecular complexity index is 1000. The topological polar surface area (TPSA) is 105 Å². The van der Waals surface area contributed by atoms with Gasteiger partial charge >= 0.3 is 0 Å². The van der Waals surface area contributed by atoms with Gasteiger partial charge in [0.15, 0.2) is 11.5 Å². The van der Waals surface area contributed by atoms with Crippen LogP contribution >= 0.6 is 0 Å². The van der Waals surface area contributed by atoms with E-state index in [4.69, 9.17) is 23.5 Å². The summed E-state index contributed by atoms with van der Waals surface area (Å²) in [5.74, 6) is 2.44. The molecule has 152 valence electrons. The van der Waals surface area contributed by atoms with Gasteiger partial charge in [-0.2, -0.15) is 4.98 Å². The first-order valence-corrected chi connectivity index (χ1v) is 8.64. The van der Waals surface area contributed by atoms with Crippen LogP contribution in [0.15, 0.2) is 40.9 Å². The fourth-order valence-corrected chi connectivity index (χ4v) is 2.66. The number of hydrogen-bond acceptors (Lipinski definition) is 8. The van der Waals surface area contributed by atoms with Crippen molar-refractivity contribution in [3.63, 3.8) is 0 Å². The van der Waals surface area contributed by atoms with Gasteiger partial charge in [-0.05, 0) is 30.3 Å². The minimum absolute atomic E-state index is 0.0638. The van der Waals surface area contributed by atoms with E-state index in [1.54, 1.807) is 57.7 Å². The summed E-state index contributed by atoms with van der Waals surface area (Å²) in [6.45, 7) is 0.0638. The van der Waals surface area contributed by atoms with Crippen LogP contribution in [0.1, 0.15) is 16.2 Å². The highest BCUT2D eigenvalue weighted by Gasteiger charge is 2.16. The van der Waals surface area contributed by atoms with Crippen LogP contribution < -0.4 is 24.3 Å². The van der Waals surface area contributed by atoms with E-state index in [-0.39, 0.29) is 18.3 Å². The molecule has 1 N–H and O–H groups in total. The van der Waals surface area contributed by atoms with Gasteiger partial charge in [-0.15, -0.1) is 0 Å². The molecular formula is C20H21N3O6. The molecule has 0 fully saturated rings. The van der Waals surface area contributed by atoms with Crippen molar-refractivity contribution in [1.29, 1.82) is 0 Å². The first kappa shape index (κ1) is 20.0. The van der Waals surface area contributed by atoms with Crippen molar-refractivity contribution < 1.29 is 28.3 Å². The van der Waals surface area contributed by atoms with Crippen molar-refractivity contribution in [2.45, 2.75) is 6.54 Å². The highest BCUT2D eigenvalue weighted by atomic mass is 16.5. The number of nitrogens with one attached hydrogen (secondary N) is 1. The summed E-state index contributed by atoms with van der Waals surface area (Å²) in [6, 6.07) is 10.2. The van der Waals surface area contributed by atoms with Crippen LogP contribution in [0, 0.1) is 0 Å². The highest BCUT2D eigenvalue weighted by Crippen LogP contribution is 2.31. The summed E-state index contributed by atoms with van der Waals surface area (Å²) >= 11 is 0. The molecule has 0 aliphatic carbocycles. The third kappa shape index (κ3) is 4.40. The molecule has 0 bridgehead atoms. The number of hydrogen-bond donors (Lipinski definition) is 1. The Kier molecular flexibility index (Phi) is 6.18. The van der Waals surface area contributed by atoms with E-state index < -0.39 is 0 Å². The molecule has 0 radical (unpaired) electrons. The summed E-state index contributed by atoms with van der Waals surface area (Å²) in [7, 11) is 6.13. The number of carbonyl (C=O) groups is 1. The third-order valence-corrected chi connectivity index (χ3v) is 4.16. The second kappa shape index (κ2) is 8.96. The number of methoxy groups -OCH3 is 4. The highest BCUT2D eigenvalue weighted by molar-refractivity contribution is 5.97. The van der Waals surface area contributed by atoms with Crippen LogP contribution in [-0.4, -0.2) is 44.5 Å². The number of rotatable bonds is 8. The zero-order valence-corrected chi connectivity index (χ0v) is 16.5. The summed E-state index contributed by atoms with van der Waals surface area (Å²) in [6.07, 6.45) is 0. The SMILES string of the molecule is COc1ccc(C(=O)NCc2nc(-c3ccc(OC)c(OC)c3)no2)c(OC)c1. The third-order valence-electron chi connectivity index (χ3n) is 4.16. The lowest BCUT2D eigenvalue weighted by molar-refractivity contribution is 0.0943. The van der Waals surface area contributed by atoms with E-state index in [0.29, 0.717) is 39.9 Å². The van der Waals surface area contributed by atoms with Crippen LogP contribution in [0.25, 0.3) is 11.4 Å². The number of amides is 1. The lowest BCUT2D eigenvalue weighted by atomic mass is 10.1. The van der Waals surface area contributed by atoms with Crippen molar-refractivity contribution in [2.24, 2.45) is 0 Å². The first-order valence-electron chi connectivity index (χ1n) is 8.64. The van der Waals surface area contributed by atoms with E-state index in [0.717, 1.165) is 0 Å². The van der Waals surface area contributed by atoms with Gasteiger partial charge in [-0.3, -0.25) is 4.79 Å². The van der Waals surface area contributed by atoms with Crippen molar-refractivity contribution in [3.8, 4) is 34.4 Å². The second-order valence-corrected chi connectivity index (χ2v) is 5.83. The fourth-order valence-electron chi connectivity index (χ4n) is 2.66. The molecule has 9 heteroatoms. The minimum Gasteiger partial charge on any atom is -0.497 e. The quantitative estimate of drug-likeness (QED) is 0.616. The lowest BCUT2D eigenvalue weighted by Crippen LogP contribution is -2.23. The van der Waals surface area contributed by atoms with Crippen molar-refractivity contribution in [3.05, 3.63) is 47.9 Å². The van der Waals surface area contributed by atoms with Gasteiger partial charge < -0.3 is 28.8 Å². The van der Waals surface area contributed by atoms with Crippen LogP contribution in [0.4, 0.5) is 0 Å². The average Bonchev–Trinajstić information content (AvgIpc) is 3.25. The Morgan fingerprint density at radius 3 is 2.38 bits per heavy atom. The molecule has 0 saturated heterocycles. The number of nitrogens with zero attached hydrogens (tertiary/aromatic N) is 2. The Balaban J connectivity index is 1.70. The number of aromatic nitrogens is 2. The normalized spacial score (nSPS) is 10.3. The number of ether oxygens (including phenoxy) is 4. The van der Waals surface area contributed by atoms with Crippen molar-refractivity contribution >= 4 is 5.91 Å². The Hall–Kier alpha value is -3.75. The molecule has 3 rings (SSSR count). The number of carbonyl (C=O) groups excluding carboxylic acids is 1. The van der Waals surface area contributed by atoms with E-state index in [2.05, 4.69) is 15.5 Å². The van der Waals surface area contributed by atoms with Crippen LogP contribution in [0.3, 0.4) is 0 Å². The van der Waals surface area contributed by atoms with Crippen molar-refractivity contribution in [1.82, 2.24) is 15.5 Å². The predicted molar refractivity (Wildman–Crippen MR) is 104 cm³/mol. The van der Waals surface area contributed by atoms with E-state index >= 15 is 0 Å². The zero-order valence-electron chi connectivity index (χ0n) is 16.5. The molecule has 0 saturated carbocycles. The zero-order chi connectivity index (χ0) is 20.8. The van der Waals surface area contributed by atoms with Gasteiger partial charge in [-0.1, -0.05) is 5.16 Å². The summed E-state index contributed by atoms with van der Waals surface area (Å²) in [4.78, 5) is 16.8. The predicted octanol–water partition coefficient (Wildman–Crippen LogP) is 2.70. The second-order valence-electron chi connectivity index (χ2n) is 5.83. The maximum atomic E-state index is 12.5. The van der Waals surface area contributed by atoms with Gasteiger partial charge in [0.2, 0.25) is 11.7 Å². The van der Waals surface area contributed by atoms with Crippen LogP contribution in [0.2, 0.25) is 0 Å². The summed E-state index contributed by atoms with van der Waals surface area (Å²) < 4.78 is 26.1. The molecule has 0 unspecified atom stereocenters. The monoisotopic (exact) mass is 399 g/mol. The molecule has 2 aromatic carbocycles. The van der Waals surface area contributed by atoms with Crippen molar-refractivity contribution in [2.75, 3.05) is 28.4 Å². The number of benzene rings is 2. The first-order chi connectivity index (χ1) is 14.1. The van der Waals surface area contributed by atoms with Gasteiger partial charge in [0.25, 0.3) is 5.91 Å². The maximum absolute atomic E-state index is 12.5. The molecule has 1 amide bonds. The average molecular weight is 399 g/mol. The van der Waals surface area contributed by atoms with Gasteiger partial charge in [0.05, 0.1) is 40.5 Å². The van der Waals surface area contributed by atoms with Gasteiger partial charge in [0, 0.05) is 11.6 Å². The molecule has 3 aromatic rings. The molecule has 0 aliphatic heterocycles. The molecule has 1 heterocycles. The van der Waals surface area contributed by atoms with E-state index in [1.807, 2.05) is 0 Å². The Morgan fingerprint density at radius 1 is 0.931 bits per heavy atom. The molecule has 29 heavy (non-hydrogen) atoms. The lowest BCUT2D eigenvalue weighted by Gasteiger charge is -2.09. The molecule has 9 nitrogen and oxygen atoms in total. The molecular weight excluding hydrogens is 378 g/mol. The largest absolute Gasteiger partial charge is 0.497 e. The maximum Gasteiger partial charge on any atom is 0.255 e. The Morgan fingerprint density at radius 2 is 1.69 bits per heavy atom. The van der Waals surface area contributed by atoms with E-state index in [1.165, 1.54) is 7.11 Å². The summed E-state index contributed by atoms with van der Waals surface area (Å²) in [5.41, 5.74) is 1.06. The molecule has 0 spiro atoms.